The molecule has 0 radical (unpaired) electrons. The Labute approximate surface area is 124 Å². The smallest absolute Gasteiger partial charge is 0.233 e. The van der Waals surface area contributed by atoms with Crippen molar-refractivity contribution in [3.8, 4) is 0 Å². The van der Waals surface area contributed by atoms with Crippen LogP contribution >= 0.6 is 11.8 Å². The number of thioether (sulfide) groups is 1. The molecule has 1 aliphatic heterocycles. The number of anilines is 1. The van der Waals surface area contributed by atoms with E-state index >= 15 is 0 Å². The standard InChI is InChI=1S/C15H22N2O2S/c1-10-6-13(4-5-14(10)16)20-9-15(18)17-7-11(2)19-12(3)8-17/h4-6,11-12H,7-9,16H2,1-3H3. The Kier molecular flexibility index (Phi) is 4.94. The zero-order valence-corrected chi connectivity index (χ0v) is 13.1. The van der Waals surface area contributed by atoms with E-state index in [0.29, 0.717) is 18.8 Å². The molecule has 2 unspecified atom stereocenters. The molecule has 0 saturated carbocycles. The summed E-state index contributed by atoms with van der Waals surface area (Å²) in [6, 6.07) is 5.88. The van der Waals surface area contributed by atoms with E-state index in [4.69, 9.17) is 10.5 Å². The number of hydrogen-bond acceptors (Lipinski definition) is 4. The van der Waals surface area contributed by atoms with E-state index < -0.39 is 0 Å². The SMILES string of the molecule is Cc1cc(SCC(=O)N2CC(C)OC(C)C2)ccc1N. The van der Waals surface area contributed by atoms with E-state index in [1.54, 1.807) is 11.8 Å². The molecule has 2 atom stereocenters. The maximum atomic E-state index is 12.2. The lowest BCUT2D eigenvalue weighted by Crippen LogP contribution is -2.48. The number of nitrogens with two attached hydrogens (primary N) is 1. The monoisotopic (exact) mass is 294 g/mol. The highest BCUT2D eigenvalue weighted by Crippen LogP contribution is 2.23. The largest absolute Gasteiger partial charge is 0.399 e. The third-order valence-corrected chi connectivity index (χ3v) is 4.35. The number of nitrogen functional groups attached to an aromatic ring is 1. The van der Waals surface area contributed by atoms with Crippen molar-refractivity contribution >= 4 is 23.4 Å². The van der Waals surface area contributed by atoms with Crippen LogP contribution in [-0.2, 0) is 9.53 Å². The molecule has 1 aliphatic rings. The van der Waals surface area contributed by atoms with Gasteiger partial charge >= 0.3 is 0 Å². The summed E-state index contributed by atoms with van der Waals surface area (Å²) in [6.07, 6.45) is 0.234. The lowest BCUT2D eigenvalue weighted by molar-refractivity contribution is -0.140. The molecule has 0 aromatic heterocycles. The Balaban J connectivity index is 1.89. The molecule has 1 saturated heterocycles. The van der Waals surface area contributed by atoms with Crippen molar-refractivity contribution in [1.82, 2.24) is 4.90 Å². The maximum Gasteiger partial charge on any atom is 0.233 e. The van der Waals surface area contributed by atoms with Crippen molar-refractivity contribution in [2.24, 2.45) is 0 Å². The minimum Gasteiger partial charge on any atom is -0.399 e. The number of carbonyl (C=O) groups is 1. The Morgan fingerprint density at radius 3 is 2.65 bits per heavy atom. The van der Waals surface area contributed by atoms with Gasteiger partial charge in [0.25, 0.3) is 0 Å². The maximum absolute atomic E-state index is 12.2. The Morgan fingerprint density at radius 2 is 2.05 bits per heavy atom. The minimum atomic E-state index is 0.117. The topological polar surface area (TPSA) is 55.6 Å². The predicted molar refractivity (Wildman–Crippen MR) is 82.9 cm³/mol. The third kappa shape index (κ3) is 3.90. The van der Waals surface area contributed by atoms with Gasteiger partial charge in [-0.25, -0.2) is 0 Å². The number of amides is 1. The number of carbonyl (C=O) groups excluding carboxylic acids is 1. The number of benzene rings is 1. The van der Waals surface area contributed by atoms with Crippen molar-refractivity contribution in [3.63, 3.8) is 0 Å². The van der Waals surface area contributed by atoms with E-state index in [2.05, 4.69) is 0 Å². The number of nitrogens with zero attached hydrogens (tertiary/aromatic N) is 1. The lowest BCUT2D eigenvalue weighted by Gasteiger charge is -2.35. The van der Waals surface area contributed by atoms with Gasteiger partial charge in [-0.05, 0) is 44.5 Å². The van der Waals surface area contributed by atoms with Gasteiger partial charge in [0, 0.05) is 23.7 Å². The Bertz CT molecular complexity index is 483. The van der Waals surface area contributed by atoms with Gasteiger partial charge in [0.1, 0.15) is 0 Å². The first-order valence-electron chi connectivity index (χ1n) is 6.88. The zero-order chi connectivity index (χ0) is 14.7. The molecular weight excluding hydrogens is 272 g/mol. The average Bonchev–Trinajstić information content (AvgIpc) is 2.38. The van der Waals surface area contributed by atoms with Crippen molar-refractivity contribution in [2.75, 3.05) is 24.6 Å². The van der Waals surface area contributed by atoms with Gasteiger partial charge in [0.2, 0.25) is 5.91 Å². The number of ether oxygens (including phenoxy) is 1. The van der Waals surface area contributed by atoms with Crippen LogP contribution in [-0.4, -0.2) is 41.9 Å². The summed E-state index contributed by atoms with van der Waals surface area (Å²) < 4.78 is 5.64. The highest BCUT2D eigenvalue weighted by molar-refractivity contribution is 8.00. The van der Waals surface area contributed by atoms with Gasteiger partial charge in [-0.2, -0.15) is 0 Å². The van der Waals surface area contributed by atoms with Crippen LogP contribution in [0.1, 0.15) is 19.4 Å². The molecule has 110 valence electrons. The first-order chi connectivity index (χ1) is 9.45. The van der Waals surface area contributed by atoms with Crippen LogP contribution in [0, 0.1) is 6.92 Å². The minimum absolute atomic E-state index is 0.117. The van der Waals surface area contributed by atoms with Gasteiger partial charge in [-0.15, -0.1) is 11.8 Å². The summed E-state index contributed by atoms with van der Waals surface area (Å²) in [5.41, 5.74) is 7.63. The molecule has 2 rings (SSSR count). The average molecular weight is 294 g/mol. The van der Waals surface area contributed by atoms with Crippen molar-refractivity contribution in [2.45, 2.75) is 37.9 Å². The first-order valence-corrected chi connectivity index (χ1v) is 7.86. The van der Waals surface area contributed by atoms with E-state index in [1.807, 2.05) is 43.9 Å². The molecule has 0 aliphatic carbocycles. The van der Waals surface area contributed by atoms with Crippen molar-refractivity contribution in [3.05, 3.63) is 23.8 Å². The van der Waals surface area contributed by atoms with Crippen LogP contribution in [0.25, 0.3) is 0 Å². The lowest BCUT2D eigenvalue weighted by atomic mass is 10.2. The van der Waals surface area contributed by atoms with Crippen molar-refractivity contribution in [1.29, 1.82) is 0 Å². The van der Waals surface area contributed by atoms with Crippen LogP contribution in [0.3, 0.4) is 0 Å². The fourth-order valence-electron chi connectivity index (χ4n) is 2.36. The molecule has 1 aromatic carbocycles. The molecule has 20 heavy (non-hydrogen) atoms. The number of aryl methyl sites for hydroxylation is 1. The Hall–Kier alpha value is -1.20. The predicted octanol–water partition coefficient (Wildman–Crippen LogP) is 2.31. The molecule has 1 aromatic rings. The van der Waals surface area contributed by atoms with Gasteiger partial charge in [-0.3, -0.25) is 4.79 Å². The summed E-state index contributed by atoms with van der Waals surface area (Å²) in [4.78, 5) is 15.2. The first kappa shape index (κ1) is 15.2. The molecular formula is C15H22N2O2S. The van der Waals surface area contributed by atoms with Crippen LogP contribution in [0.2, 0.25) is 0 Å². The number of rotatable bonds is 3. The highest BCUT2D eigenvalue weighted by atomic mass is 32.2. The molecule has 1 fully saturated rings. The summed E-state index contributed by atoms with van der Waals surface area (Å²) in [6.45, 7) is 7.36. The van der Waals surface area contributed by atoms with Gasteiger partial charge in [-0.1, -0.05) is 0 Å². The molecule has 0 bridgehead atoms. The Morgan fingerprint density at radius 1 is 1.40 bits per heavy atom. The summed E-state index contributed by atoms with van der Waals surface area (Å²) >= 11 is 1.56. The van der Waals surface area contributed by atoms with Crippen LogP contribution in [0.5, 0.6) is 0 Å². The fraction of sp³-hybridized carbons (Fsp3) is 0.533. The summed E-state index contributed by atoms with van der Waals surface area (Å²) in [5, 5.41) is 0. The van der Waals surface area contributed by atoms with Gasteiger partial charge in [0.15, 0.2) is 0 Å². The van der Waals surface area contributed by atoms with Crippen LogP contribution in [0.15, 0.2) is 23.1 Å². The second-order valence-electron chi connectivity index (χ2n) is 5.36. The quantitative estimate of drug-likeness (QED) is 0.686. The summed E-state index contributed by atoms with van der Waals surface area (Å²) in [7, 11) is 0. The van der Waals surface area contributed by atoms with E-state index in [1.165, 1.54) is 0 Å². The van der Waals surface area contributed by atoms with Crippen LogP contribution in [0.4, 0.5) is 5.69 Å². The fourth-order valence-corrected chi connectivity index (χ4v) is 3.25. The van der Waals surface area contributed by atoms with E-state index in [-0.39, 0.29) is 18.1 Å². The van der Waals surface area contributed by atoms with E-state index in [9.17, 15) is 4.79 Å². The van der Waals surface area contributed by atoms with E-state index in [0.717, 1.165) is 16.1 Å². The number of hydrogen-bond donors (Lipinski definition) is 1. The second-order valence-corrected chi connectivity index (χ2v) is 6.41. The second kappa shape index (κ2) is 6.50. The summed E-state index contributed by atoms with van der Waals surface area (Å²) in [5.74, 6) is 0.634. The van der Waals surface area contributed by atoms with Crippen molar-refractivity contribution < 1.29 is 9.53 Å². The van der Waals surface area contributed by atoms with Gasteiger partial charge in [0.05, 0.1) is 18.0 Å². The third-order valence-electron chi connectivity index (χ3n) is 3.38. The molecule has 5 heteroatoms. The molecule has 1 heterocycles. The number of morpholine rings is 1. The van der Waals surface area contributed by atoms with Gasteiger partial charge < -0.3 is 15.4 Å². The molecule has 1 amide bonds. The zero-order valence-electron chi connectivity index (χ0n) is 12.3. The molecule has 0 spiro atoms. The molecule has 2 N–H and O–H groups in total. The molecule has 4 nitrogen and oxygen atoms in total. The highest BCUT2D eigenvalue weighted by Gasteiger charge is 2.25. The van der Waals surface area contributed by atoms with Crippen LogP contribution < -0.4 is 5.73 Å². The normalized spacial score (nSPS) is 22.9.